The molecular weight excluding hydrogens is 435 g/mol. The number of nitrogens with zero attached hydrogens (tertiary/aromatic N) is 3. The zero-order chi connectivity index (χ0) is 21.0. The maximum atomic E-state index is 12.5. The lowest BCUT2D eigenvalue weighted by molar-refractivity contribution is 0.0909. The Bertz CT molecular complexity index is 1020. The van der Waals surface area contributed by atoms with E-state index in [1.165, 1.54) is 24.1 Å². The van der Waals surface area contributed by atoms with Crippen LogP contribution < -0.4 is 5.32 Å². The number of nitrogens with one attached hydrogen (secondary N) is 1. The quantitative estimate of drug-likeness (QED) is 0.394. The van der Waals surface area contributed by atoms with Gasteiger partial charge in [-0.15, -0.1) is 10.2 Å². The van der Waals surface area contributed by atoms with E-state index >= 15 is 0 Å². The molecule has 1 aromatic carbocycles. The van der Waals surface area contributed by atoms with Crippen molar-refractivity contribution in [2.75, 3.05) is 5.75 Å². The number of carbonyl (C=O) groups is 2. The first-order valence-electron chi connectivity index (χ1n) is 8.79. The van der Waals surface area contributed by atoms with Crippen LogP contribution in [0.15, 0.2) is 46.2 Å². The fourth-order valence-electron chi connectivity index (χ4n) is 2.69. The Balaban J connectivity index is 1.68. The summed E-state index contributed by atoms with van der Waals surface area (Å²) in [5.41, 5.74) is 0.408. The highest BCUT2D eigenvalue weighted by molar-refractivity contribution is 7.99. The molecule has 2 aromatic heterocycles. The van der Waals surface area contributed by atoms with E-state index in [4.69, 9.17) is 27.6 Å². The van der Waals surface area contributed by atoms with Gasteiger partial charge in [0.1, 0.15) is 0 Å². The summed E-state index contributed by atoms with van der Waals surface area (Å²) in [5, 5.41) is 12.6. The zero-order valence-corrected chi connectivity index (χ0v) is 18.0. The highest BCUT2D eigenvalue weighted by Crippen LogP contribution is 2.25. The molecule has 1 atom stereocenters. The lowest BCUT2D eigenvalue weighted by Gasteiger charge is -2.14. The third-order valence-electron chi connectivity index (χ3n) is 4.11. The normalized spacial score (nSPS) is 12.0. The van der Waals surface area contributed by atoms with Gasteiger partial charge in [0.05, 0.1) is 23.1 Å². The minimum atomic E-state index is -0.393. The van der Waals surface area contributed by atoms with E-state index in [1.807, 2.05) is 18.4 Å². The molecule has 1 unspecified atom stereocenters. The molecule has 0 aliphatic heterocycles. The standard InChI is InChI=1S/C19H18Cl2N4O3S/c1-3-25-17(11(2)22-18(27)16-5-4-8-28-16)23-24-19(25)29-10-15(26)13-7-6-12(20)9-14(13)21/h4-9,11H,3,10H2,1-2H3,(H,22,27). The molecule has 2 heterocycles. The summed E-state index contributed by atoms with van der Waals surface area (Å²) < 4.78 is 6.96. The highest BCUT2D eigenvalue weighted by Gasteiger charge is 2.21. The predicted octanol–water partition coefficient (Wildman–Crippen LogP) is 4.66. The number of Topliss-reactive ketones (excluding diaryl/α,β-unsaturated/α-hetero) is 1. The van der Waals surface area contributed by atoms with Gasteiger partial charge in [0.25, 0.3) is 5.91 Å². The number of halogens is 2. The van der Waals surface area contributed by atoms with Crippen LogP contribution in [0.1, 0.15) is 46.6 Å². The zero-order valence-electron chi connectivity index (χ0n) is 15.7. The second-order valence-electron chi connectivity index (χ2n) is 6.09. The van der Waals surface area contributed by atoms with Gasteiger partial charge in [0, 0.05) is 17.1 Å². The number of benzene rings is 1. The van der Waals surface area contributed by atoms with E-state index in [0.29, 0.717) is 33.1 Å². The van der Waals surface area contributed by atoms with Crippen LogP contribution in [0.25, 0.3) is 0 Å². The first-order valence-corrected chi connectivity index (χ1v) is 10.5. The topological polar surface area (TPSA) is 90.0 Å². The van der Waals surface area contributed by atoms with Gasteiger partial charge in [-0.1, -0.05) is 35.0 Å². The van der Waals surface area contributed by atoms with Gasteiger partial charge in [-0.3, -0.25) is 9.59 Å². The van der Waals surface area contributed by atoms with Crippen molar-refractivity contribution < 1.29 is 14.0 Å². The number of carbonyl (C=O) groups excluding carboxylic acids is 2. The van der Waals surface area contributed by atoms with Crippen molar-refractivity contribution in [3.63, 3.8) is 0 Å². The van der Waals surface area contributed by atoms with Crippen LogP contribution in [0.4, 0.5) is 0 Å². The second-order valence-corrected chi connectivity index (χ2v) is 7.88. The van der Waals surface area contributed by atoms with Gasteiger partial charge in [0.15, 0.2) is 22.5 Å². The molecular formula is C19H18Cl2N4O3S. The third kappa shape index (κ3) is 5.01. The summed E-state index contributed by atoms with van der Waals surface area (Å²) in [7, 11) is 0. The Morgan fingerprint density at radius 3 is 2.72 bits per heavy atom. The maximum absolute atomic E-state index is 12.5. The fraction of sp³-hybridized carbons (Fsp3) is 0.263. The minimum Gasteiger partial charge on any atom is -0.459 e. The second kappa shape index (κ2) is 9.47. The number of hydrogen-bond acceptors (Lipinski definition) is 6. The Hall–Kier alpha value is -2.29. The molecule has 7 nitrogen and oxygen atoms in total. The number of furan rings is 1. The minimum absolute atomic E-state index is 0.136. The molecule has 0 fully saturated rings. The van der Waals surface area contributed by atoms with Crippen LogP contribution in [-0.4, -0.2) is 32.2 Å². The molecule has 0 aliphatic rings. The summed E-state index contributed by atoms with van der Waals surface area (Å²) in [4.78, 5) is 24.7. The largest absolute Gasteiger partial charge is 0.459 e. The number of hydrogen-bond donors (Lipinski definition) is 1. The number of ketones is 1. The molecule has 3 rings (SSSR count). The van der Waals surface area contributed by atoms with Crippen molar-refractivity contribution >= 4 is 46.7 Å². The molecule has 1 amide bonds. The Labute approximate surface area is 181 Å². The molecule has 3 aromatic rings. The van der Waals surface area contributed by atoms with Crippen molar-refractivity contribution in [3.05, 3.63) is 63.8 Å². The highest BCUT2D eigenvalue weighted by atomic mass is 35.5. The van der Waals surface area contributed by atoms with Gasteiger partial charge in [-0.05, 0) is 44.2 Å². The molecule has 29 heavy (non-hydrogen) atoms. The van der Waals surface area contributed by atoms with Crippen molar-refractivity contribution in [1.29, 1.82) is 0 Å². The third-order valence-corrected chi connectivity index (χ3v) is 5.62. The summed E-state index contributed by atoms with van der Waals surface area (Å²) in [6.07, 6.45) is 1.44. The van der Waals surface area contributed by atoms with Crippen LogP contribution in [-0.2, 0) is 6.54 Å². The SMILES string of the molecule is CCn1c(SCC(=O)c2ccc(Cl)cc2Cl)nnc1C(C)NC(=O)c1ccco1. The molecule has 152 valence electrons. The molecule has 0 saturated heterocycles. The van der Waals surface area contributed by atoms with E-state index in [1.54, 1.807) is 24.3 Å². The van der Waals surface area contributed by atoms with E-state index in [-0.39, 0.29) is 23.2 Å². The molecule has 0 radical (unpaired) electrons. The lowest BCUT2D eigenvalue weighted by Crippen LogP contribution is -2.28. The van der Waals surface area contributed by atoms with Crippen LogP contribution in [0.2, 0.25) is 10.0 Å². The number of aromatic nitrogens is 3. The summed E-state index contributed by atoms with van der Waals surface area (Å²) in [5.74, 6) is 0.483. The number of amides is 1. The van der Waals surface area contributed by atoms with Gasteiger partial charge >= 0.3 is 0 Å². The first-order chi connectivity index (χ1) is 13.9. The van der Waals surface area contributed by atoms with Crippen LogP contribution in [0.3, 0.4) is 0 Å². The average Bonchev–Trinajstić information content (AvgIpc) is 3.35. The monoisotopic (exact) mass is 452 g/mol. The van der Waals surface area contributed by atoms with Crippen molar-refractivity contribution in [3.8, 4) is 0 Å². The molecule has 0 aliphatic carbocycles. The van der Waals surface area contributed by atoms with Gasteiger partial charge in [-0.2, -0.15) is 0 Å². The van der Waals surface area contributed by atoms with Crippen LogP contribution >= 0.6 is 35.0 Å². The van der Waals surface area contributed by atoms with Gasteiger partial charge < -0.3 is 14.3 Å². The maximum Gasteiger partial charge on any atom is 0.287 e. The van der Waals surface area contributed by atoms with Crippen molar-refractivity contribution in [2.45, 2.75) is 31.6 Å². The van der Waals surface area contributed by atoms with E-state index in [0.717, 1.165) is 0 Å². The number of thioether (sulfide) groups is 1. The smallest absolute Gasteiger partial charge is 0.287 e. The summed E-state index contributed by atoms with van der Waals surface area (Å²) in [6, 6.07) is 7.61. The van der Waals surface area contributed by atoms with Crippen molar-refractivity contribution in [2.24, 2.45) is 0 Å². The van der Waals surface area contributed by atoms with E-state index in [9.17, 15) is 9.59 Å². The molecule has 0 bridgehead atoms. The first kappa shape index (κ1) is 21.4. The van der Waals surface area contributed by atoms with Crippen LogP contribution in [0.5, 0.6) is 0 Å². The fourth-order valence-corrected chi connectivity index (χ4v) is 4.09. The molecule has 0 spiro atoms. The van der Waals surface area contributed by atoms with Gasteiger partial charge in [0.2, 0.25) is 0 Å². The Kier molecular flexibility index (Phi) is 7.00. The molecule has 0 saturated carbocycles. The van der Waals surface area contributed by atoms with Gasteiger partial charge in [-0.25, -0.2) is 0 Å². The van der Waals surface area contributed by atoms with E-state index < -0.39 is 6.04 Å². The predicted molar refractivity (Wildman–Crippen MR) is 112 cm³/mol. The average molecular weight is 453 g/mol. The van der Waals surface area contributed by atoms with Crippen molar-refractivity contribution in [1.82, 2.24) is 20.1 Å². The van der Waals surface area contributed by atoms with E-state index in [2.05, 4.69) is 15.5 Å². The Morgan fingerprint density at radius 1 is 1.28 bits per heavy atom. The molecule has 1 N–H and O–H groups in total. The number of rotatable bonds is 8. The lowest BCUT2D eigenvalue weighted by atomic mass is 10.1. The molecule has 10 heteroatoms. The summed E-state index contributed by atoms with van der Waals surface area (Å²) >= 11 is 13.2. The van der Waals surface area contributed by atoms with Crippen LogP contribution in [0, 0.1) is 0 Å². The summed E-state index contributed by atoms with van der Waals surface area (Å²) in [6.45, 7) is 4.33. The Morgan fingerprint density at radius 2 is 2.07 bits per heavy atom.